The summed E-state index contributed by atoms with van der Waals surface area (Å²) < 4.78 is 5.02. The lowest BCUT2D eigenvalue weighted by molar-refractivity contribution is -0.145. The Kier molecular flexibility index (Phi) is 9.36. The van der Waals surface area contributed by atoms with E-state index in [4.69, 9.17) is 4.74 Å². The maximum absolute atomic E-state index is 12.2. The Morgan fingerprint density at radius 3 is 2.57 bits per heavy atom. The van der Waals surface area contributed by atoms with E-state index in [-0.39, 0.29) is 24.1 Å². The average Bonchev–Trinajstić information content (AvgIpc) is 2.51. The van der Waals surface area contributed by atoms with E-state index in [2.05, 4.69) is 6.92 Å². The van der Waals surface area contributed by atoms with Gasteiger partial charge in [0.1, 0.15) is 5.78 Å². The summed E-state index contributed by atoms with van der Waals surface area (Å²) in [6.45, 7) is 4.67. The van der Waals surface area contributed by atoms with E-state index in [9.17, 15) is 9.59 Å². The molecular formula is C18H32O3. The topological polar surface area (TPSA) is 43.4 Å². The Labute approximate surface area is 129 Å². The second kappa shape index (κ2) is 10.8. The van der Waals surface area contributed by atoms with Crippen molar-refractivity contribution in [3.63, 3.8) is 0 Å². The van der Waals surface area contributed by atoms with Gasteiger partial charge in [-0.3, -0.25) is 9.59 Å². The van der Waals surface area contributed by atoms with Gasteiger partial charge in [0.15, 0.2) is 0 Å². The summed E-state index contributed by atoms with van der Waals surface area (Å²) in [4.78, 5) is 23.7. The van der Waals surface area contributed by atoms with Crippen molar-refractivity contribution in [3.05, 3.63) is 0 Å². The molecule has 21 heavy (non-hydrogen) atoms. The van der Waals surface area contributed by atoms with Crippen LogP contribution in [0.3, 0.4) is 0 Å². The van der Waals surface area contributed by atoms with Crippen LogP contribution in [0.25, 0.3) is 0 Å². The molecule has 2 atom stereocenters. The van der Waals surface area contributed by atoms with Crippen LogP contribution in [0.5, 0.6) is 0 Å². The van der Waals surface area contributed by atoms with E-state index in [1.807, 2.05) is 6.92 Å². The first kappa shape index (κ1) is 18.2. The number of ether oxygens (including phenoxy) is 1. The molecule has 3 heteroatoms. The molecule has 0 radical (unpaired) electrons. The van der Waals surface area contributed by atoms with Crippen molar-refractivity contribution < 1.29 is 14.3 Å². The Morgan fingerprint density at radius 2 is 1.86 bits per heavy atom. The smallest absolute Gasteiger partial charge is 0.306 e. The van der Waals surface area contributed by atoms with Crippen LogP contribution in [-0.2, 0) is 14.3 Å². The van der Waals surface area contributed by atoms with Gasteiger partial charge in [-0.15, -0.1) is 0 Å². The number of carbonyl (C=O) groups is 2. The molecule has 0 heterocycles. The minimum atomic E-state index is -0.222. The molecule has 0 spiro atoms. The maximum Gasteiger partial charge on any atom is 0.306 e. The summed E-state index contributed by atoms with van der Waals surface area (Å²) in [7, 11) is 0. The highest BCUT2D eigenvalue weighted by Crippen LogP contribution is 2.33. The highest BCUT2D eigenvalue weighted by Gasteiger charge is 2.26. The van der Waals surface area contributed by atoms with Crippen LogP contribution in [0.1, 0.15) is 84.5 Å². The minimum absolute atomic E-state index is 0.198. The zero-order valence-electron chi connectivity index (χ0n) is 13.9. The van der Waals surface area contributed by atoms with Crippen molar-refractivity contribution >= 4 is 11.8 Å². The molecule has 0 aromatic carbocycles. The molecule has 0 amide bonds. The van der Waals surface area contributed by atoms with Crippen LogP contribution in [0.4, 0.5) is 0 Å². The van der Waals surface area contributed by atoms with E-state index in [1.165, 1.54) is 38.5 Å². The lowest BCUT2D eigenvalue weighted by Gasteiger charge is -2.28. The number of unbranched alkanes of at least 4 members (excludes halogenated alkanes) is 2. The molecule has 1 saturated carbocycles. The van der Waals surface area contributed by atoms with Crippen LogP contribution >= 0.6 is 0 Å². The lowest BCUT2D eigenvalue weighted by Crippen LogP contribution is -2.23. The SMILES string of the molecule is CCCCCC1CCCC(C(=O)CCC(=O)OCCC)C1. The molecule has 0 aliphatic heterocycles. The Hall–Kier alpha value is -0.860. The number of esters is 1. The van der Waals surface area contributed by atoms with Crippen molar-refractivity contribution in [2.24, 2.45) is 11.8 Å². The molecule has 0 saturated heterocycles. The predicted molar refractivity (Wildman–Crippen MR) is 85.1 cm³/mol. The number of Topliss-reactive ketones (excluding diaryl/α,β-unsaturated/α-hetero) is 1. The second-order valence-corrected chi connectivity index (χ2v) is 6.41. The zero-order valence-corrected chi connectivity index (χ0v) is 13.9. The summed E-state index contributed by atoms with van der Waals surface area (Å²) in [5, 5.41) is 0. The number of rotatable bonds is 10. The maximum atomic E-state index is 12.2. The molecule has 1 rings (SSSR count). The monoisotopic (exact) mass is 296 g/mol. The van der Waals surface area contributed by atoms with Crippen molar-refractivity contribution in [2.45, 2.75) is 84.5 Å². The number of hydrogen-bond acceptors (Lipinski definition) is 3. The highest BCUT2D eigenvalue weighted by atomic mass is 16.5. The molecule has 0 aromatic rings. The molecule has 1 fully saturated rings. The Morgan fingerprint density at radius 1 is 1.05 bits per heavy atom. The van der Waals surface area contributed by atoms with Crippen LogP contribution < -0.4 is 0 Å². The van der Waals surface area contributed by atoms with E-state index < -0.39 is 0 Å². The third kappa shape index (κ3) is 7.63. The third-order valence-corrected chi connectivity index (χ3v) is 4.50. The largest absolute Gasteiger partial charge is 0.466 e. The van der Waals surface area contributed by atoms with Gasteiger partial charge in [0.2, 0.25) is 0 Å². The Bertz CT molecular complexity index is 312. The summed E-state index contributed by atoms with van der Waals surface area (Å²) in [6, 6.07) is 0. The van der Waals surface area contributed by atoms with E-state index in [0.717, 1.165) is 25.2 Å². The van der Waals surface area contributed by atoms with E-state index >= 15 is 0 Å². The highest BCUT2D eigenvalue weighted by molar-refractivity contribution is 5.84. The number of ketones is 1. The van der Waals surface area contributed by atoms with Gasteiger partial charge >= 0.3 is 5.97 Å². The average molecular weight is 296 g/mol. The summed E-state index contributed by atoms with van der Waals surface area (Å²) >= 11 is 0. The zero-order chi connectivity index (χ0) is 15.5. The van der Waals surface area contributed by atoms with E-state index in [0.29, 0.717) is 13.0 Å². The van der Waals surface area contributed by atoms with Crippen molar-refractivity contribution in [2.75, 3.05) is 6.61 Å². The van der Waals surface area contributed by atoms with Gasteiger partial charge < -0.3 is 4.74 Å². The molecule has 0 N–H and O–H groups in total. The molecule has 0 aromatic heterocycles. The second-order valence-electron chi connectivity index (χ2n) is 6.41. The number of carbonyl (C=O) groups excluding carboxylic acids is 2. The van der Waals surface area contributed by atoms with Gasteiger partial charge in [0.25, 0.3) is 0 Å². The van der Waals surface area contributed by atoms with Crippen molar-refractivity contribution in [3.8, 4) is 0 Å². The van der Waals surface area contributed by atoms with Gasteiger partial charge in [-0.2, -0.15) is 0 Å². The molecule has 0 bridgehead atoms. The van der Waals surface area contributed by atoms with Crippen LogP contribution in [-0.4, -0.2) is 18.4 Å². The molecule has 122 valence electrons. The Balaban J connectivity index is 2.24. The quantitative estimate of drug-likeness (QED) is 0.434. The first-order chi connectivity index (χ1) is 10.2. The van der Waals surface area contributed by atoms with Crippen LogP contribution in [0.15, 0.2) is 0 Å². The fourth-order valence-electron chi connectivity index (χ4n) is 3.25. The summed E-state index contributed by atoms with van der Waals surface area (Å²) in [5.41, 5.74) is 0. The van der Waals surface area contributed by atoms with Gasteiger partial charge in [-0.05, 0) is 25.2 Å². The summed E-state index contributed by atoms with van der Waals surface area (Å²) in [6.07, 6.45) is 11.1. The minimum Gasteiger partial charge on any atom is -0.466 e. The predicted octanol–water partition coefficient (Wildman–Crippen LogP) is 4.68. The fourth-order valence-corrected chi connectivity index (χ4v) is 3.25. The molecule has 3 nitrogen and oxygen atoms in total. The third-order valence-electron chi connectivity index (χ3n) is 4.50. The van der Waals surface area contributed by atoms with Gasteiger partial charge in [-0.25, -0.2) is 0 Å². The molecule has 1 aliphatic carbocycles. The fraction of sp³-hybridized carbons (Fsp3) is 0.889. The van der Waals surface area contributed by atoms with Crippen LogP contribution in [0.2, 0.25) is 0 Å². The van der Waals surface area contributed by atoms with Gasteiger partial charge in [0.05, 0.1) is 13.0 Å². The van der Waals surface area contributed by atoms with Crippen molar-refractivity contribution in [1.29, 1.82) is 0 Å². The standard InChI is InChI=1S/C18H32O3/c1-3-5-6-8-15-9-7-10-16(14-15)17(19)11-12-18(20)21-13-4-2/h15-16H,3-14H2,1-2H3. The summed E-state index contributed by atoms with van der Waals surface area (Å²) in [5.74, 6) is 0.986. The molecule has 1 aliphatic rings. The molecule has 2 unspecified atom stereocenters. The van der Waals surface area contributed by atoms with Gasteiger partial charge in [0, 0.05) is 12.3 Å². The lowest BCUT2D eigenvalue weighted by atomic mass is 9.76. The van der Waals surface area contributed by atoms with Crippen molar-refractivity contribution in [1.82, 2.24) is 0 Å². The first-order valence-electron chi connectivity index (χ1n) is 8.85. The first-order valence-corrected chi connectivity index (χ1v) is 8.85. The van der Waals surface area contributed by atoms with Gasteiger partial charge in [-0.1, -0.05) is 52.4 Å². The number of hydrogen-bond donors (Lipinski definition) is 0. The van der Waals surface area contributed by atoms with Crippen LogP contribution in [0, 0.1) is 11.8 Å². The molecular weight excluding hydrogens is 264 g/mol. The van der Waals surface area contributed by atoms with E-state index in [1.54, 1.807) is 0 Å². The normalized spacial score (nSPS) is 22.0.